The zero-order valence-corrected chi connectivity index (χ0v) is 14.8. The number of benzene rings is 1. The summed E-state index contributed by atoms with van der Waals surface area (Å²) in [5.41, 5.74) is 2.75. The van der Waals surface area contributed by atoms with Gasteiger partial charge in [-0.05, 0) is 62.4 Å². The molecule has 1 aliphatic carbocycles. The highest BCUT2D eigenvalue weighted by atomic mass is 16.5. The van der Waals surface area contributed by atoms with Gasteiger partial charge in [-0.1, -0.05) is 12.1 Å². The van der Waals surface area contributed by atoms with Crippen LogP contribution in [0.2, 0.25) is 0 Å². The lowest BCUT2D eigenvalue weighted by Crippen LogP contribution is -2.42. The maximum Gasteiger partial charge on any atom is 0.0642 e. The Morgan fingerprint density at radius 3 is 2.54 bits per heavy atom. The highest BCUT2D eigenvalue weighted by Crippen LogP contribution is 2.30. The molecule has 0 radical (unpaired) electrons. The van der Waals surface area contributed by atoms with E-state index < -0.39 is 0 Å². The summed E-state index contributed by atoms with van der Waals surface area (Å²) >= 11 is 0. The summed E-state index contributed by atoms with van der Waals surface area (Å²) in [6, 6.07) is 9.71. The number of nitrogens with one attached hydrogen (secondary N) is 1. The van der Waals surface area contributed by atoms with Gasteiger partial charge in [-0.3, -0.25) is 0 Å². The lowest BCUT2D eigenvalue weighted by molar-refractivity contribution is 0.122. The van der Waals surface area contributed by atoms with Gasteiger partial charge >= 0.3 is 0 Å². The van der Waals surface area contributed by atoms with Crippen LogP contribution in [-0.4, -0.2) is 56.9 Å². The third kappa shape index (κ3) is 4.50. The normalized spacial score (nSPS) is 23.6. The van der Waals surface area contributed by atoms with E-state index in [1.54, 1.807) is 0 Å². The lowest BCUT2D eigenvalue weighted by Gasteiger charge is -2.32. The monoisotopic (exact) mass is 329 g/mol. The number of rotatable bonds is 6. The number of anilines is 1. The van der Waals surface area contributed by atoms with E-state index >= 15 is 0 Å². The van der Waals surface area contributed by atoms with Crippen LogP contribution in [-0.2, 0) is 11.3 Å². The number of nitrogens with zero attached hydrogens (tertiary/aromatic N) is 2. The van der Waals surface area contributed by atoms with Gasteiger partial charge in [0.15, 0.2) is 0 Å². The van der Waals surface area contributed by atoms with Crippen molar-refractivity contribution >= 4 is 5.69 Å². The second-order valence-electron chi connectivity index (χ2n) is 7.67. The van der Waals surface area contributed by atoms with Crippen molar-refractivity contribution in [1.29, 1.82) is 0 Å². The van der Waals surface area contributed by atoms with Crippen LogP contribution in [0.4, 0.5) is 5.69 Å². The summed E-state index contributed by atoms with van der Waals surface area (Å²) in [5.74, 6) is 1.03. The predicted octanol–water partition coefficient (Wildman–Crippen LogP) is 2.49. The second kappa shape index (κ2) is 7.85. The molecule has 0 aromatic heterocycles. The van der Waals surface area contributed by atoms with Crippen molar-refractivity contribution in [3.63, 3.8) is 0 Å². The Kier molecular flexibility index (Phi) is 5.36. The standard InChI is InChI=1S/C20H31N3O/c1-2-18(14-20(3-1)23-10-12-24-13-11-23)15-21-19-6-8-22(9-7-19)16-17-4-5-17/h1-3,14,17,19,21H,4-13,15-16H2. The molecule has 1 N–H and O–H groups in total. The van der Waals surface area contributed by atoms with Crippen molar-refractivity contribution in [2.45, 2.75) is 38.3 Å². The first kappa shape index (κ1) is 16.4. The molecule has 24 heavy (non-hydrogen) atoms. The van der Waals surface area contributed by atoms with Crippen LogP contribution >= 0.6 is 0 Å². The molecule has 132 valence electrons. The summed E-state index contributed by atoms with van der Waals surface area (Å²) in [4.78, 5) is 5.11. The molecular weight excluding hydrogens is 298 g/mol. The Morgan fingerprint density at radius 2 is 1.79 bits per heavy atom. The van der Waals surface area contributed by atoms with E-state index in [1.807, 2.05) is 0 Å². The minimum Gasteiger partial charge on any atom is -0.378 e. The maximum atomic E-state index is 5.46. The zero-order chi connectivity index (χ0) is 16.2. The fraction of sp³-hybridized carbons (Fsp3) is 0.700. The Morgan fingerprint density at radius 1 is 1.00 bits per heavy atom. The molecule has 2 heterocycles. The molecule has 1 aromatic rings. The van der Waals surface area contributed by atoms with Crippen molar-refractivity contribution in [2.24, 2.45) is 5.92 Å². The smallest absolute Gasteiger partial charge is 0.0642 e. The summed E-state index contributed by atoms with van der Waals surface area (Å²) in [5, 5.41) is 3.79. The van der Waals surface area contributed by atoms with Gasteiger partial charge in [0.2, 0.25) is 0 Å². The number of piperidine rings is 1. The quantitative estimate of drug-likeness (QED) is 0.868. The van der Waals surface area contributed by atoms with Crippen molar-refractivity contribution < 1.29 is 4.74 Å². The molecule has 0 bridgehead atoms. The SMILES string of the molecule is c1cc(CNC2CCN(CC3CC3)CC2)cc(N2CCOCC2)c1. The third-order valence-corrected chi connectivity index (χ3v) is 5.68. The summed E-state index contributed by atoms with van der Waals surface area (Å²) in [7, 11) is 0. The summed E-state index contributed by atoms with van der Waals surface area (Å²) in [6.45, 7) is 8.63. The van der Waals surface area contributed by atoms with Crippen LogP contribution in [0.1, 0.15) is 31.2 Å². The van der Waals surface area contributed by atoms with E-state index in [0.29, 0.717) is 6.04 Å². The molecule has 4 rings (SSSR count). The molecule has 3 aliphatic rings. The molecule has 3 fully saturated rings. The van der Waals surface area contributed by atoms with Crippen molar-refractivity contribution in [1.82, 2.24) is 10.2 Å². The van der Waals surface area contributed by atoms with Crippen LogP contribution in [0.3, 0.4) is 0 Å². The Balaban J connectivity index is 1.24. The topological polar surface area (TPSA) is 27.7 Å². The molecular formula is C20H31N3O. The van der Waals surface area contributed by atoms with Crippen molar-refractivity contribution in [2.75, 3.05) is 50.8 Å². The Labute approximate surface area is 146 Å². The Hall–Kier alpha value is -1.10. The average molecular weight is 329 g/mol. The fourth-order valence-electron chi connectivity index (χ4n) is 3.93. The van der Waals surface area contributed by atoms with Gasteiger partial charge in [-0.15, -0.1) is 0 Å². The summed E-state index contributed by atoms with van der Waals surface area (Å²) < 4.78 is 5.46. The molecule has 2 saturated heterocycles. The number of likely N-dealkylation sites (tertiary alicyclic amines) is 1. The number of ether oxygens (including phenoxy) is 1. The van der Waals surface area contributed by atoms with E-state index in [9.17, 15) is 0 Å². The van der Waals surface area contributed by atoms with Gasteiger partial charge < -0.3 is 19.9 Å². The molecule has 1 saturated carbocycles. The third-order valence-electron chi connectivity index (χ3n) is 5.68. The largest absolute Gasteiger partial charge is 0.378 e. The first-order valence-corrected chi connectivity index (χ1v) is 9.74. The fourth-order valence-corrected chi connectivity index (χ4v) is 3.93. The number of hydrogen-bond donors (Lipinski definition) is 1. The average Bonchev–Trinajstić information content (AvgIpc) is 3.46. The van der Waals surface area contributed by atoms with Gasteiger partial charge in [0, 0.05) is 37.9 Å². The second-order valence-corrected chi connectivity index (χ2v) is 7.67. The first-order valence-electron chi connectivity index (χ1n) is 9.74. The lowest BCUT2D eigenvalue weighted by atomic mass is 10.0. The number of morpholine rings is 1. The van der Waals surface area contributed by atoms with E-state index in [0.717, 1.165) is 38.8 Å². The molecule has 4 nitrogen and oxygen atoms in total. The van der Waals surface area contributed by atoms with Crippen LogP contribution in [0, 0.1) is 5.92 Å². The predicted molar refractivity (Wildman–Crippen MR) is 98.5 cm³/mol. The van der Waals surface area contributed by atoms with Gasteiger partial charge in [0.1, 0.15) is 0 Å². The summed E-state index contributed by atoms with van der Waals surface area (Å²) in [6.07, 6.45) is 5.54. The van der Waals surface area contributed by atoms with Gasteiger partial charge in [-0.2, -0.15) is 0 Å². The van der Waals surface area contributed by atoms with Gasteiger partial charge in [0.05, 0.1) is 13.2 Å². The highest BCUT2D eigenvalue weighted by Gasteiger charge is 2.26. The molecule has 0 spiro atoms. The molecule has 4 heteroatoms. The zero-order valence-electron chi connectivity index (χ0n) is 14.8. The molecule has 0 atom stereocenters. The van der Waals surface area contributed by atoms with Crippen LogP contribution in [0.5, 0.6) is 0 Å². The minimum absolute atomic E-state index is 0.687. The molecule has 1 aromatic carbocycles. The van der Waals surface area contributed by atoms with Crippen LogP contribution in [0.15, 0.2) is 24.3 Å². The highest BCUT2D eigenvalue weighted by molar-refractivity contribution is 5.48. The van der Waals surface area contributed by atoms with Crippen molar-refractivity contribution in [3.8, 4) is 0 Å². The van der Waals surface area contributed by atoms with E-state index in [-0.39, 0.29) is 0 Å². The first-order chi connectivity index (χ1) is 11.9. The van der Waals surface area contributed by atoms with Gasteiger partial charge in [-0.25, -0.2) is 0 Å². The van der Waals surface area contributed by atoms with Crippen LogP contribution in [0.25, 0.3) is 0 Å². The molecule has 2 aliphatic heterocycles. The van der Waals surface area contributed by atoms with Gasteiger partial charge in [0.25, 0.3) is 0 Å². The molecule has 0 amide bonds. The maximum absolute atomic E-state index is 5.46. The Bertz CT molecular complexity index is 517. The van der Waals surface area contributed by atoms with E-state index in [4.69, 9.17) is 4.74 Å². The van der Waals surface area contributed by atoms with Crippen molar-refractivity contribution in [3.05, 3.63) is 29.8 Å². The molecule has 0 unspecified atom stereocenters. The van der Waals surface area contributed by atoms with Crippen LogP contribution < -0.4 is 10.2 Å². The van der Waals surface area contributed by atoms with E-state index in [1.165, 1.54) is 56.6 Å². The minimum atomic E-state index is 0.687. The van der Waals surface area contributed by atoms with E-state index in [2.05, 4.69) is 39.4 Å². The number of hydrogen-bond acceptors (Lipinski definition) is 4.